The molecule has 1 aromatic carbocycles. The minimum absolute atomic E-state index is 0.0718. The van der Waals surface area contributed by atoms with Gasteiger partial charge in [-0.2, -0.15) is 0 Å². The van der Waals surface area contributed by atoms with Crippen LogP contribution in [0.1, 0.15) is 29.8 Å². The van der Waals surface area contributed by atoms with E-state index in [4.69, 9.17) is 16.3 Å². The molecular formula is C16H17ClN2O2. The maximum absolute atomic E-state index is 12.8. The number of benzene rings is 1. The Bertz CT molecular complexity index is 697. The fraction of sp³-hybridized carbons (Fsp3) is 0.438. The number of carbonyl (C=O) groups is 1. The van der Waals surface area contributed by atoms with E-state index in [1.54, 1.807) is 0 Å². The summed E-state index contributed by atoms with van der Waals surface area (Å²) in [6.07, 6.45) is 3.47. The maximum Gasteiger partial charge on any atom is 0.270 e. The number of H-pyrrole nitrogens is 1. The lowest BCUT2D eigenvalue weighted by atomic mass is 10.1. The van der Waals surface area contributed by atoms with Crippen LogP contribution in [0.5, 0.6) is 0 Å². The van der Waals surface area contributed by atoms with E-state index in [0.29, 0.717) is 23.9 Å². The van der Waals surface area contributed by atoms with Crippen molar-refractivity contribution in [2.75, 3.05) is 13.2 Å². The molecule has 0 radical (unpaired) electrons. The third-order valence-electron chi connectivity index (χ3n) is 4.56. The summed E-state index contributed by atoms with van der Waals surface area (Å²) < 4.78 is 5.77. The lowest BCUT2D eigenvalue weighted by molar-refractivity contribution is -0.0446. The number of fused-ring (bicyclic) bond motifs is 2. The van der Waals surface area contributed by atoms with Gasteiger partial charge in [-0.05, 0) is 37.5 Å². The van der Waals surface area contributed by atoms with Crippen LogP contribution in [-0.2, 0) is 4.74 Å². The lowest BCUT2D eigenvalue weighted by Gasteiger charge is -2.37. The van der Waals surface area contributed by atoms with Gasteiger partial charge in [0.2, 0.25) is 0 Å². The van der Waals surface area contributed by atoms with E-state index in [9.17, 15) is 4.79 Å². The Morgan fingerprint density at radius 1 is 1.33 bits per heavy atom. The van der Waals surface area contributed by atoms with E-state index in [1.807, 2.05) is 29.2 Å². The van der Waals surface area contributed by atoms with Crippen molar-refractivity contribution in [1.82, 2.24) is 9.88 Å². The van der Waals surface area contributed by atoms with Gasteiger partial charge in [-0.25, -0.2) is 0 Å². The summed E-state index contributed by atoms with van der Waals surface area (Å²) in [7, 11) is 0. The van der Waals surface area contributed by atoms with Gasteiger partial charge < -0.3 is 14.6 Å². The van der Waals surface area contributed by atoms with Crippen LogP contribution in [0.2, 0.25) is 5.02 Å². The maximum atomic E-state index is 12.8. The number of nitrogens with zero attached hydrogens (tertiary/aromatic N) is 1. The molecule has 4 rings (SSSR count). The van der Waals surface area contributed by atoms with Crippen molar-refractivity contribution in [1.29, 1.82) is 0 Å². The van der Waals surface area contributed by atoms with Gasteiger partial charge in [0, 0.05) is 22.5 Å². The van der Waals surface area contributed by atoms with E-state index in [1.165, 1.54) is 0 Å². The summed E-state index contributed by atoms with van der Waals surface area (Å²) in [5.41, 5.74) is 1.54. The average molecular weight is 305 g/mol. The van der Waals surface area contributed by atoms with Crippen LogP contribution in [0.15, 0.2) is 24.3 Å². The molecule has 0 bridgehead atoms. The third kappa shape index (κ3) is 2.23. The largest absolute Gasteiger partial charge is 0.374 e. The highest BCUT2D eigenvalue weighted by Crippen LogP contribution is 2.31. The second-order valence-electron chi connectivity index (χ2n) is 5.82. The van der Waals surface area contributed by atoms with Gasteiger partial charge in [-0.15, -0.1) is 0 Å². The number of aromatic amines is 1. The van der Waals surface area contributed by atoms with Crippen LogP contribution < -0.4 is 0 Å². The highest BCUT2D eigenvalue weighted by Gasteiger charge is 2.38. The molecule has 2 atom stereocenters. The average Bonchev–Trinajstić information content (AvgIpc) is 3.11. The van der Waals surface area contributed by atoms with Crippen molar-refractivity contribution < 1.29 is 9.53 Å². The van der Waals surface area contributed by atoms with Crippen molar-refractivity contribution in [2.24, 2.45) is 0 Å². The predicted molar refractivity (Wildman–Crippen MR) is 81.7 cm³/mol. The molecule has 4 nitrogen and oxygen atoms in total. The molecule has 2 aromatic rings. The number of halogens is 1. The van der Waals surface area contributed by atoms with Crippen LogP contribution in [0, 0.1) is 0 Å². The topological polar surface area (TPSA) is 45.3 Å². The summed E-state index contributed by atoms with van der Waals surface area (Å²) >= 11 is 6.00. The molecule has 5 heteroatoms. The molecule has 1 N–H and O–H groups in total. The van der Waals surface area contributed by atoms with Crippen LogP contribution in [0.4, 0.5) is 0 Å². The molecule has 21 heavy (non-hydrogen) atoms. The van der Waals surface area contributed by atoms with Crippen LogP contribution in [-0.4, -0.2) is 41.1 Å². The van der Waals surface area contributed by atoms with Crippen molar-refractivity contribution in [3.63, 3.8) is 0 Å². The zero-order valence-corrected chi connectivity index (χ0v) is 12.4. The second-order valence-corrected chi connectivity index (χ2v) is 6.26. The number of hydrogen-bond donors (Lipinski definition) is 1. The molecule has 1 aliphatic carbocycles. The number of rotatable bonds is 1. The van der Waals surface area contributed by atoms with E-state index in [0.717, 1.165) is 30.2 Å². The van der Waals surface area contributed by atoms with Crippen LogP contribution in [0.25, 0.3) is 10.9 Å². The number of aromatic nitrogens is 1. The first-order valence-electron chi connectivity index (χ1n) is 7.43. The number of ether oxygens (including phenoxy) is 1. The molecule has 1 amide bonds. The van der Waals surface area contributed by atoms with Gasteiger partial charge >= 0.3 is 0 Å². The SMILES string of the molecule is O=C(c1cc2ccc(Cl)cc2[nH]1)N1CCO[C@H]2CCC[C@@H]21. The van der Waals surface area contributed by atoms with Gasteiger partial charge in [0.15, 0.2) is 0 Å². The minimum atomic E-state index is 0.0718. The highest BCUT2D eigenvalue weighted by atomic mass is 35.5. The molecule has 110 valence electrons. The van der Waals surface area contributed by atoms with Gasteiger partial charge in [0.1, 0.15) is 5.69 Å². The van der Waals surface area contributed by atoms with Crippen molar-refractivity contribution in [3.05, 3.63) is 35.0 Å². The first-order chi connectivity index (χ1) is 10.2. The van der Waals surface area contributed by atoms with Gasteiger partial charge in [0.25, 0.3) is 5.91 Å². The van der Waals surface area contributed by atoms with Crippen LogP contribution >= 0.6 is 11.6 Å². The third-order valence-corrected chi connectivity index (χ3v) is 4.79. The summed E-state index contributed by atoms with van der Waals surface area (Å²) in [5, 5.41) is 1.68. The predicted octanol–water partition coefficient (Wildman–Crippen LogP) is 3.21. The molecule has 1 saturated carbocycles. The molecule has 0 unspecified atom stereocenters. The van der Waals surface area contributed by atoms with Crippen molar-refractivity contribution in [2.45, 2.75) is 31.4 Å². The Morgan fingerprint density at radius 2 is 2.24 bits per heavy atom. The number of morpholine rings is 1. The summed E-state index contributed by atoms with van der Waals surface area (Å²) in [6, 6.07) is 7.77. The molecule has 2 aliphatic rings. The Labute approximate surface area is 128 Å². The molecule has 0 spiro atoms. The smallest absolute Gasteiger partial charge is 0.270 e. The standard InChI is InChI=1S/C16H17ClN2O2/c17-11-5-4-10-8-13(18-12(10)9-11)16(20)19-6-7-21-15-3-1-2-14(15)19/h4-5,8-9,14-15,18H,1-3,6-7H2/t14-,15-/m0/s1. The molecule has 2 fully saturated rings. The minimum Gasteiger partial charge on any atom is -0.374 e. The molecule has 1 aromatic heterocycles. The molecular weight excluding hydrogens is 288 g/mol. The van der Waals surface area contributed by atoms with Gasteiger partial charge in [-0.3, -0.25) is 4.79 Å². The Kier molecular flexibility index (Phi) is 3.16. The summed E-state index contributed by atoms with van der Waals surface area (Å²) in [6.45, 7) is 1.31. The fourth-order valence-corrected chi connectivity index (χ4v) is 3.72. The highest BCUT2D eigenvalue weighted by molar-refractivity contribution is 6.31. The van der Waals surface area contributed by atoms with Gasteiger partial charge in [0.05, 0.1) is 18.8 Å². The van der Waals surface area contributed by atoms with Gasteiger partial charge in [-0.1, -0.05) is 17.7 Å². The lowest BCUT2D eigenvalue weighted by Crippen LogP contribution is -2.51. The zero-order chi connectivity index (χ0) is 14.4. The Morgan fingerprint density at radius 3 is 3.14 bits per heavy atom. The van der Waals surface area contributed by atoms with E-state index < -0.39 is 0 Å². The number of nitrogens with one attached hydrogen (secondary N) is 1. The Balaban J connectivity index is 1.66. The quantitative estimate of drug-likeness (QED) is 0.879. The molecule has 1 saturated heterocycles. The normalized spacial score (nSPS) is 25.3. The molecule has 2 heterocycles. The summed E-state index contributed by atoms with van der Waals surface area (Å²) in [5.74, 6) is 0.0718. The summed E-state index contributed by atoms with van der Waals surface area (Å²) in [4.78, 5) is 18.0. The van der Waals surface area contributed by atoms with Crippen LogP contribution in [0.3, 0.4) is 0 Å². The van der Waals surface area contributed by atoms with Crippen molar-refractivity contribution >= 4 is 28.4 Å². The monoisotopic (exact) mass is 304 g/mol. The number of hydrogen-bond acceptors (Lipinski definition) is 2. The number of carbonyl (C=O) groups excluding carboxylic acids is 1. The first kappa shape index (κ1) is 13.2. The first-order valence-corrected chi connectivity index (χ1v) is 7.81. The zero-order valence-electron chi connectivity index (χ0n) is 11.6. The van der Waals surface area contributed by atoms with Crippen molar-refractivity contribution in [3.8, 4) is 0 Å². The number of amides is 1. The second kappa shape index (κ2) is 5.04. The van der Waals surface area contributed by atoms with E-state index in [-0.39, 0.29) is 18.1 Å². The fourth-order valence-electron chi connectivity index (χ4n) is 3.55. The Hall–Kier alpha value is -1.52. The molecule has 1 aliphatic heterocycles. The van der Waals surface area contributed by atoms with E-state index >= 15 is 0 Å². The van der Waals surface area contributed by atoms with E-state index in [2.05, 4.69) is 4.98 Å².